The molecule has 0 aliphatic heterocycles. The summed E-state index contributed by atoms with van der Waals surface area (Å²) in [5, 5.41) is 3.47. The van der Waals surface area contributed by atoms with Crippen molar-refractivity contribution in [2.45, 2.75) is 64.5 Å². The van der Waals surface area contributed by atoms with Crippen molar-refractivity contribution >= 4 is 0 Å². The van der Waals surface area contributed by atoms with Crippen LogP contribution in [0, 0.1) is 0 Å². The summed E-state index contributed by atoms with van der Waals surface area (Å²) >= 11 is 0. The van der Waals surface area contributed by atoms with E-state index in [2.05, 4.69) is 30.2 Å². The monoisotopic (exact) mass is 262 g/mol. The number of aromatic nitrogens is 1. The van der Waals surface area contributed by atoms with E-state index < -0.39 is 0 Å². The smallest absolute Gasteiger partial charge is 0.213 e. The molecule has 106 valence electrons. The predicted molar refractivity (Wildman–Crippen MR) is 78.4 cm³/mol. The second-order valence-electron chi connectivity index (χ2n) is 5.48. The molecule has 0 aromatic carbocycles. The van der Waals surface area contributed by atoms with Crippen LogP contribution >= 0.6 is 0 Å². The van der Waals surface area contributed by atoms with E-state index in [1.54, 1.807) is 0 Å². The summed E-state index contributed by atoms with van der Waals surface area (Å²) in [5.41, 5.74) is 1.23. The molecule has 0 radical (unpaired) electrons. The maximum Gasteiger partial charge on any atom is 0.213 e. The Morgan fingerprint density at radius 2 is 2.11 bits per heavy atom. The van der Waals surface area contributed by atoms with Gasteiger partial charge in [-0.3, -0.25) is 0 Å². The number of hydrogen-bond acceptors (Lipinski definition) is 3. The van der Waals surface area contributed by atoms with Crippen LogP contribution in [0.3, 0.4) is 0 Å². The minimum absolute atomic E-state index is 0.358. The number of rotatable bonds is 6. The molecular weight excluding hydrogens is 236 g/mol. The molecular formula is C16H26N2O. The Balaban J connectivity index is 1.86. The Morgan fingerprint density at radius 3 is 2.74 bits per heavy atom. The van der Waals surface area contributed by atoms with Crippen LogP contribution in [0.1, 0.15) is 64.0 Å². The average Bonchev–Trinajstić information content (AvgIpc) is 2.46. The second kappa shape index (κ2) is 7.49. The average molecular weight is 262 g/mol. The number of nitrogens with one attached hydrogen (secondary N) is 1. The zero-order chi connectivity index (χ0) is 13.5. The van der Waals surface area contributed by atoms with Crippen LogP contribution in [0.4, 0.5) is 0 Å². The molecule has 0 spiro atoms. The van der Waals surface area contributed by atoms with Crippen molar-refractivity contribution in [3.63, 3.8) is 0 Å². The Bertz CT molecular complexity index is 358. The zero-order valence-corrected chi connectivity index (χ0v) is 12.2. The van der Waals surface area contributed by atoms with Gasteiger partial charge in [0.1, 0.15) is 6.10 Å². The summed E-state index contributed by atoms with van der Waals surface area (Å²) < 4.78 is 5.94. The summed E-state index contributed by atoms with van der Waals surface area (Å²) in [6.45, 7) is 5.40. The van der Waals surface area contributed by atoms with E-state index in [-0.39, 0.29) is 0 Å². The Kier molecular flexibility index (Phi) is 5.64. The maximum absolute atomic E-state index is 5.94. The maximum atomic E-state index is 5.94. The van der Waals surface area contributed by atoms with Crippen molar-refractivity contribution < 1.29 is 4.74 Å². The van der Waals surface area contributed by atoms with Gasteiger partial charge in [-0.25, -0.2) is 4.98 Å². The van der Waals surface area contributed by atoms with Crippen LogP contribution in [0.5, 0.6) is 5.88 Å². The first-order valence-electron chi connectivity index (χ1n) is 7.65. The van der Waals surface area contributed by atoms with Crippen LogP contribution in [0.15, 0.2) is 18.3 Å². The molecule has 3 nitrogen and oxygen atoms in total. The largest absolute Gasteiger partial charge is 0.474 e. The van der Waals surface area contributed by atoms with Gasteiger partial charge in [-0.05, 0) is 51.1 Å². The number of pyridine rings is 1. The summed E-state index contributed by atoms with van der Waals surface area (Å²) in [6, 6.07) is 4.49. The molecule has 1 unspecified atom stereocenters. The fourth-order valence-electron chi connectivity index (χ4n) is 2.55. The van der Waals surface area contributed by atoms with Gasteiger partial charge in [-0.2, -0.15) is 0 Å². The van der Waals surface area contributed by atoms with E-state index in [9.17, 15) is 0 Å². The fourth-order valence-corrected chi connectivity index (χ4v) is 2.55. The molecule has 1 saturated carbocycles. The summed E-state index contributed by atoms with van der Waals surface area (Å²) in [7, 11) is 0. The third-order valence-electron chi connectivity index (χ3n) is 3.80. The van der Waals surface area contributed by atoms with Crippen molar-refractivity contribution in [1.29, 1.82) is 0 Å². The molecule has 19 heavy (non-hydrogen) atoms. The van der Waals surface area contributed by atoms with Gasteiger partial charge < -0.3 is 10.1 Å². The van der Waals surface area contributed by atoms with Crippen LogP contribution in [0.25, 0.3) is 0 Å². The lowest BCUT2D eigenvalue weighted by Crippen LogP contribution is -2.21. The van der Waals surface area contributed by atoms with Gasteiger partial charge in [-0.1, -0.05) is 19.4 Å². The fraction of sp³-hybridized carbons (Fsp3) is 0.688. The quantitative estimate of drug-likeness (QED) is 0.845. The standard InChI is InChI=1S/C16H26N2O/c1-3-11-17-13(2)14-9-10-16(18-12-14)19-15-7-5-4-6-8-15/h9-10,12-13,15,17H,3-8,11H2,1-2H3. The van der Waals surface area contributed by atoms with Crippen LogP contribution < -0.4 is 10.1 Å². The van der Waals surface area contributed by atoms with Crippen molar-refractivity contribution in [1.82, 2.24) is 10.3 Å². The lowest BCUT2D eigenvalue weighted by atomic mass is 9.98. The van der Waals surface area contributed by atoms with Crippen LogP contribution in [0.2, 0.25) is 0 Å². The molecule has 1 aromatic rings. The molecule has 1 heterocycles. The third kappa shape index (κ3) is 4.50. The molecule has 1 fully saturated rings. The molecule has 1 aliphatic carbocycles. The third-order valence-corrected chi connectivity index (χ3v) is 3.80. The Hall–Kier alpha value is -1.09. The van der Waals surface area contributed by atoms with Crippen molar-refractivity contribution in [2.24, 2.45) is 0 Å². The minimum Gasteiger partial charge on any atom is -0.474 e. The van der Waals surface area contributed by atoms with Crippen LogP contribution in [-0.2, 0) is 0 Å². The highest BCUT2D eigenvalue weighted by molar-refractivity contribution is 5.20. The van der Waals surface area contributed by atoms with Gasteiger partial charge in [0.15, 0.2) is 0 Å². The van der Waals surface area contributed by atoms with E-state index in [0.29, 0.717) is 12.1 Å². The highest BCUT2D eigenvalue weighted by Gasteiger charge is 2.15. The van der Waals surface area contributed by atoms with Crippen LogP contribution in [-0.4, -0.2) is 17.6 Å². The molecule has 1 aromatic heterocycles. The first-order chi connectivity index (χ1) is 9.29. The molecule has 3 heteroatoms. The molecule has 0 saturated heterocycles. The predicted octanol–water partition coefficient (Wildman–Crippen LogP) is 3.85. The van der Waals surface area contributed by atoms with E-state index in [0.717, 1.165) is 18.8 Å². The van der Waals surface area contributed by atoms with Gasteiger partial charge in [0.2, 0.25) is 5.88 Å². The van der Waals surface area contributed by atoms with E-state index in [4.69, 9.17) is 4.74 Å². The number of hydrogen-bond donors (Lipinski definition) is 1. The summed E-state index contributed by atoms with van der Waals surface area (Å²) in [4.78, 5) is 4.44. The first kappa shape index (κ1) is 14.3. The first-order valence-corrected chi connectivity index (χ1v) is 7.65. The van der Waals surface area contributed by atoms with Crippen molar-refractivity contribution in [2.75, 3.05) is 6.54 Å². The van der Waals surface area contributed by atoms with E-state index in [1.807, 2.05) is 12.3 Å². The zero-order valence-electron chi connectivity index (χ0n) is 12.2. The Morgan fingerprint density at radius 1 is 1.32 bits per heavy atom. The highest BCUT2D eigenvalue weighted by Crippen LogP contribution is 2.23. The lowest BCUT2D eigenvalue weighted by Gasteiger charge is -2.22. The number of ether oxygens (including phenoxy) is 1. The van der Waals surface area contributed by atoms with Gasteiger partial charge in [0.05, 0.1) is 0 Å². The molecule has 1 atom stereocenters. The summed E-state index contributed by atoms with van der Waals surface area (Å²) in [6.07, 6.45) is 9.76. The summed E-state index contributed by atoms with van der Waals surface area (Å²) in [5.74, 6) is 0.776. The second-order valence-corrected chi connectivity index (χ2v) is 5.48. The Labute approximate surface area is 116 Å². The van der Waals surface area contributed by atoms with Gasteiger partial charge in [-0.15, -0.1) is 0 Å². The van der Waals surface area contributed by atoms with E-state index >= 15 is 0 Å². The topological polar surface area (TPSA) is 34.1 Å². The minimum atomic E-state index is 0.358. The SMILES string of the molecule is CCCNC(C)c1ccc(OC2CCCCC2)nc1. The molecule has 0 bridgehead atoms. The normalized spacial score (nSPS) is 18.2. The van der Waals surface area contributed by atoms with E-state index in [1.165, 1.54) is 37.7 Å². The molecule has 1 N–H and O–H groups in total. The van der Waals surface area contributed by atoms with Crippen molar-refractivity contribution in [3.8, 4) is 5.88 Å². The number of nitrogens with zero attached hydrogens (tertiary/aromatic N) is 1. The highest BCUT2D eigenvalue weighted by atomic mass is 16.5. The molecule has 2 rings (SSSR count). The van der Waals surface area contributed by atoms with Gasteiger partial charge in [0, 0.05) is 18.3 Å². The lowest BCUT2D eigenvalue weighted by molar-refractivity contribution is 0.148. The van der Waals surface area contributed by atoms with Gasteiger partial charge in [0.25, 0.3) is 0 Å². The van der Waals surface area contributed by atoms with Gasteiger partial charge >= 0.3 is 0 Å². The van der Waals surface area contributed by atoms with Crippen molar-refractivity contribution in [3.05, 3.63) is 23.9 Å². The molecule has 0 amide bonds. The molecule has 1 aliphatic rings.